The van der Waals surface area contributed by atoms with Crippen LogP contribution in [0.4, 0.5) is 13.2 Å². The highest BCUT2D eigenvalue weighted by molar-refractivity contribution is 7.99. The number of hydrogen-bond acceptors (Lipinski definition) is 3. The van der Waals surface area contributed by atoms with Gasteiger partial charge in [0.15, 0.2) is 0 Å². The van der Waals surface area contributed by atoms with E-state index in [9.17, 15) is 13.2 Å². The van der Waals surface area contributed by atoms with Gasteiger partial charge in [0.1, 0.15) is 5.75 Å². The average Bonchev–Trinajstić information content (AvgIpc) is 2.18. The summed E-state index contributed by atoms with van der Waals surface area (Å²) in [5.41, 5.74) is 0.109. The molecule has 0 aliphatic heterocycles. The third-order valence-electron chi connectivity index (χ3n) is 1.75. The molecule has 1 aromatic rings. The molecule has 19 heavy (non-hydrogen) atoms. The molecule has 0 fully saturated rings. The summed E-state index contributed by atoms with van der Waals surface area (Å²) < 4.78 is 44.5. The Bertz CT molecular complexity index is 469. The zero-order valence-corrected chi connectivity index (χ0v) is 12.2. The molecule has 0 bridgehead atoms. The van der Waals surface area contributed by atoms with E-state index in [1.54, 1.807) is 0 Å². The van der Waals surface area contributed by atoms with Gasteiger partial charge in [-0.2, -0.15) is 0 Å². The van der Waals surface area contributed by atoms with E-state index in [1.807, 2.05) is 20.8 Å². The van der Waals surface area contributed by atoms with E-state index in [0.29, 0.717) is 0 Å². The van der Waals surface area contributed by atoms with Crippen molar-refractivity contribution in [3.63, 3.8) is 0 Å². The van der Waals surface area contributed by atoms with Crippen molar-refractivity contribution in [3.05, 3.63) is 28.8 Å². The predicted molar refractivity (Wildman–Crippen MR) is 73.1 cm³/mol. The lowest BCUT2D eigenvalue weighted by atomic mass is 10.2. The molecule has 0 aliphatic rings. The molecule has 1 rings (SSSR count). The third-order valence-corrected chi connectivity index (χ3v) is 2.84. The van der Waals surface area contributed by atoms with Gasteiger partial charge in [0.2, 0.25) is 0 Å². The van der Waals surface area contributed by atoms with Crippen LogP contribution in [0.15, 0.2) is 22.6 Å². The molecule has 0 amide bonds. The topological polar surface area (TPSA) is 21.6 Å². The van der Waals surface area contributed by atoms with Crippen molar-refractivity contribution in [2.24, 2.45) is 4.40 Å². The van der Waals surface area contributed by atoms with Crippen molar-refractivity contribution < 1.29 is 17.9 Å². The predicted octanol–water partition coefficient (Wildman–Crippen LogP) is 5.10. The number of rotatable bonds is 3. The molecule has 0 atom stereocenters. The molecule has 7 heteroatoms. The summed E-state index contributed by atoms with van der Waals surface area (Å²) in [7, 11) is 0. The number of alkyl halides is 3. The van der Waals surface area contributed by atoms with Gasteiger partial charge < -0.3 is 4.74 Å². The molecule has 0 unspecified atom stereocenters. The van der Waals surface area contributed by atoms with E-state index in [1.165, 1.54) is 36.4 Å². The molecule has 0 N–H and O–H groups in total. The summed E-state index contributed by atoms with van der Waals surface area (Å²) in [5.74, 6) is -0.363. The molecule has 0 radical (unpaired) electrons. The average molecular weight is 312 g/mol. The Morgan fingerprint density at radius 3 is 2.42 bits per heavy atom. The zero-order chi connectivity index (χ0) is 14.7. The van der Waals surface area contributed by atoms with Crippen LogP contribution in [0.3, 0.4) is 0 Å². The van der Waals surface area contributed by atoms with Crippen LogP contribution in [0.5, 0.6) is 5.75 Å². The molecule has 0 saturated heterocycles. The molecular weight excluding hydrogens is 299 g/mol. The summed E-state index contributed by atoms with van der Waals surface area (Å²) in [4.78, 5) is 0. The molecule has 106 valence electrons. The normalized spacial score (nSPS) is 13.0. The highest BCUT2D eigenvalue weighted by Crippen LogP contribution is 2.31. The fraction of sp³-hybridized carbons (Fsp3) is 0.417. The number of nitrogens with zero attached hydrogens (tertiary/aromatic N) is 1. The van der Waals surface area contributed by atoms with Crippen molar-refractivity contribution in [2.75, 3.05) is 0 Å². The molecule has 2 nitrogen and oxygen atoms in total. The van der Waals surface area contributed by atoms with Crippen molar-refractivity contribution in [2.45, 2.75) is 31.9 Å². The fourth-order valence-corrected chi connectivity index (χ4v) is 1.78. The number of hydrogen-bond donors (Lipinski definition) is 0. The van der Waals surface area contributed by atoms with Gasteiger partial charge in [-0.3, -0.25) is 0 Å². The summed E-state index contributed by atoms with van der Waals surface area (Å²) in [6.45, 7) is 5.82. The first-order valence-corrected chi connectivity index (χ1v) is 6.49. The van der Waals surface area contributed by atoms with E-state index in [2.05, 4.69) is 9.13 Å². The lowest BCUT2D eigenvalue weighted by molar-refractivity contribution is -0.274. The summed E-state index contributed by atoms with van der Waals surface area (Å²) >= 11 is 7.10. The Hall–Kier alpha value is -0.880. The molecule has 1 aromatic carbocycles. The van der Waals surface area contributed by atoms with Gasteiger partial charge >= 0.3 is 6.36 Å². The van der Waals surface area contributed by atoms with Gasteiger partial charge in [-0.25, -0.2) is 4.40 Å². The van der Waals surface area contributed by atoms with Crippen LogP contribution in [0, 0.1) is 0 Å². The smallest absolute Gasteiger partial charge is 0.405 e. The second-order valence-corrected chi connectivity index (χ2v) is 6.66. The van der Waals surface area contributed by atoms with Crippen LogP contribution in [0.1, 0.15) is 26.3 Å². The Labute approximate surface area is 119 Å². The molecule has 0 aliphatic carbocycles. The van der Waals surface area contributed by atoms with Gasteiger partial charge in [0.25, 0.3) is 0 Å². The van der Waals surface area contributed by atoms with Gasteiger partial charge in [0.05, 0.1) is 10.6 Å². The minimum atomic E-state index is -4.76. The summed E-state index contributed by atoms with van der Waals surface area (Å²) in [5, 5.41) is 0.153. The van der Waals surface area contributed by atoms with Gasteiger partial charge in [-0.05, 0) is 44.9 Å². The van der Waals surface area contributed by atoms with E-state index in [-0.39, 0.29) is 21.1 Å². The van der Waals surface area contributed by atoms with Crippen molar-refractivity contribution in [1.29, 1.82) is 0 Å². The molecule has 0 aromatic heterocycles. The molecule has 0 spiro atoms. The first kappa shape index (κ1) is 16.2. The van der Waals surface area contributed by atoms with Crippen LogP contribution >= 0.6 is 23.5 Å². The fourth-order valence-electron chi connectivity index (χ4n) is 1.09. The van der Waals surface area contributed by atoms with Gasteiger partial charge in [-0.1, -0.05) is 17.7 Å². The van der Waals surface area contributed by atoms with Crippen molar-refractivity contribution in [3.8, 4) is 5.75 Å². The highest BCUT2D eigenvalue weighted by Gasteiger charge is 2.32. The first-order chi connectivity index (χ1) is 8.58. The van der Waals surface area contributed by atoms with E-state index >= 15 is 0 Å². The largest absolute Gasteiger partial charge is 0.573 e. The standard InChI is InChI=1S/C12H13ClF3NOS/c1-11(2,3)19-17-7-8-9(13)5-4-6-10(8)18-12(14,15)16/h4-7H,1-3H3/b17-7+. The maximum atomic E-state index is 12.2. The monoisotopic (exact) mass is 311 g/mol. The maximum absolute atomic E-state index is 12.2. The SMILES string of the molecule is CC(C)(C)S/N=C/c1c(Cl)cccc1OC(F)(F)F. The number of benzene rings is 1. The van der Waals surface area contributed by atoms with Crippen molar-refractivity contribution in [1.82, 2.24) is 0 Å². The second kappa shape index (κ2) is 6.05. The Morgan fingerprint density at radius 2 is 1.89 bits per heavy atom. The van der Waals surface area contributed by atoms with Gasteiger partial charge in [0, 0.05) is 11.0 Å². The highest BCUT2D eigenvalue weighted by atomic mass is 35.5. The minimum absolute atomic E-state index is 0.109. The first-order valence-electron chi connectivity index (χ1n) is 5.34. The van der Waals surface area contributed by atoms with Crippen molar-refractivity contribution >= 4 is 29.8 Å². The quantitative estimate of drug-likeness (QED) is 0.572. The van der Waals surface area contributed by atoms with Crippen LogP contribution in [0.25, 0.3) is 0 Å². The van der Waals surface area contributed by atoms with E-state index < -0.39 is 6.36 Å². The third kappa shape index (κ3) is 6.20. The molecular formula is C12H13ClF3NOS. The van der Waals surface area contributed by atoms with Gasteiger partial charge in [-0.15, -0.1) is 13.2 Å². The second-order valence-electron chi connectivity index (χ2n) is 4.64. The Morgan fingerprint density at radius 1 is 1.26 bits per heavy atom. The van der Waals surface area contributed by atoms with Crippen LogP contribution in [-0.4, -0.2) is 17.3 Å². The molecule has 0 heterocycles. The van der Waals surface area contributed by atoms with Crippen LogP contribution in [-0.2, 0) is 0 Å². The van der Waals surface area contributed by atoms with E-state index in [4.69, 9.17) is 11.6 Å². The number of halogens is 4. The minimum Gasteiger partial charge on any atom is -0.405 e. The maximum Gasteiger partial charge on any atom is 0.573 e. The van der Waals surface area contributed by atoms with E-state index in [0.717, 1.165) is 0 Å². The van der Waals surface area contributed by atoms with Crippen LogP contribution < -0.4 is 4.74 Å². The summed E-state index contributed by atoms with van der Waals surface area (Å²) in [6.07, 6.45) is -3.48. The lowest BCUT2D eigenvalue weighted by Gasteiger charge is -2.14. The molecule has 0 saturated carbocycles. The lowest BCUT2D eigenvalue weighted by Crippen LogP contribution is -2.18. The number of ether oxygens (including phenoxy) is 1. The Balaban J connectivity index is 2.99. The summed E-state index contributed by atoms with van der Waals surface area (Å²) in [6, 6.07) is 4.06. The van der Waals surface area contributed by atoms with Crippen LogP contribution in [0.2, 0.25) is 5.02 Å². The zero-order valence-electron chi connectivity index (χ0n) is 10.6. The Kier molecular flexibility index (Phi) is 5.15.